The number of fused-ring (bicyclic) bond motifs is 1. The van der Waals surface area contributed by atoms with E-state index in [1.807, 2.05) is 30.8 Å². The Morgan fingerprint density at radius 1 is 1.21 bits per heavy atom. The Bertz CT molecular complexity index is 597. The van der Waals surface area contributed by atoms with E-state index in [-0.39, 0.29) is 0 Å². The highest BCUT2D eigenvalue weighted by atomic mass is 32.2. The van der Waals surface area contributed by atoms with Crippen LogP contribution in [0.3, 0.4) is 0 Å². The van der Waals surface area contributed by atoms with E-state index in [4.69, 9.17) is 0 Å². The SMILES string of the molecule is Cc1cc(NC2CSCc3ccccc32)ccc1O. The molecular formula is C16H17NOS. The summed E-state index contributed by atoms with van der Waals surface area (Å²) in [5.74, 6) is 2.53. The Hall–Kier alpha value is -1.61. The number of nitrogens with one attached hydrogen (secondary N) is 1. The van der Waals surface area contributed by atoms with Crippen LogP contribution in [-0.4, -0.2) is 10.9 Å². The number of aromatic hydroxyl groups is 1. The van der Waals surface area contributed by atoms with E-state index in [2.05, 4.69) is 29.6 Å². The second-order valence-corrected chi connectivity index (χ2v) is 5.94. The average Bonchev–Trinajstić information content (AvgIpc) is 2.43. The van der Waals surface area contributed by atoms with Gasteiger partial charge in [-0.3, -0.25) is 0 Å². The maximum absolute atomic E-state index is 9.58. The summed E-state index contributed by atoms with van der Waals surface area (Å²) in [6.07, 6.45) is 0. The number of rotatable bonds is 2. The van der Waals surface area contributed by atoms with Gasteiger partial charge in [0.15, 0.2) is 0 Å². The molecule has 0 aliphatic carbocycles. The molecule has 0 spiro atoms. The predicted octanol–water partition coefficient (Wildman–Crippen LogP) is 4.10. The first-order valence-corrected chi connectivity index (χ1v) is 7.61. The van der Waals surface area contributed by atoms with Gasteiger partial charge in [0.05, 0.1) is 6.04 Å². The molecule has 0 saturated carbocycles. The number of anilines is 1. The normalized spacial score (nSPS) is 17.8. The lowest BCUT2D eigenvalue weighted by Gasteiger charge is -2.27. The highest BCUT2D eigenvalue weighted by molar-refractivity contribution is 7.98. The van der Waals surface area contributed by atoms with Gasteiger partial charge in [-0.25, -0.2) is 0 Å². The highest BCUT2D eigenvalue weighted by Crippen LogP contribution is 2.34. The van der Waals surface area contributed by atoms with Crippen LogP contribution in [0.2, 0.25) is 0 Å². The lowest BCUT2D eigenvalue weighted by atomic mass is 10.0. The van der Waals surface area contributed by atoms with Gasteiger partial charge in [-0.1, -0.05) is 24.3 Å². The molecule has 98 valence electrons. The van der Waals surface area contributed by atoms with Crippen LogP contribution in [0.5, 0.6) is 5.75 Å². The Morgan fingerprint density at radius 2 is 2.05 bits per heavy atom. The molecule has 0 saturated heterocycles. The van der Waals surface area contributed by atoms with E-state index in [1.54, 1.807) is 6.07 Å². The zero-order chi connectivity index (χ0) is 13.2. The van der Waals surface area contributed by atoms with Crippen LogP contribution < -0.4 is 5.32 Å². The fourth-order valence-corrected chi connectivity index (χ4v) is 3.55. The van der Waals surface area contributed by atoms with Gasteiger partial charge in [0.1, 0.15) is 5.75 Å². The summed E-state index contributed by atoms with van der Waals surface area (Å²) in [7, 11) is 0. The number of phenols is 1. The van der Waals surface area contributed by atoms with Crippen molar-refractivity contribution in [2.75, 3.05) is 11.1 Å². The van der Waals surface area contributed by atoms with Crippen LogP contribution in [0, 0.1) is 6.92 Å². The number of phenolic OH excluding ortho intramolecular Hbond substituents is 1. The number of benzene rings is 2. The topological polar surface area (TPSA) is 32.3 Å². The molecule has 0 amide bonds. The minimum absolute atomic E-state index is 0.346. The number of hydrogen-bond acceptors (Lipinski definition) is 3. The maximum atomic E-state index is 9.58. The monoisotopic (exact) mass is 271 g/mol. The van der Waals surface area contributed by atoms with Crippen molar-refractivity contribution in [1.29, 1.82) is 0 Å². The fourth-order valence-electron chi connectivity index (χ4n) is 2.45. The van der Waals surface area contributed by atoms with Crippen LogP contribution in [0.4, 0.5) is 5.69 Å². The van der Waals surface area contributed by atoms with Gasteiger partial charge in [-0.2, -0.15) is 11.8 Å². The van der Waals surface area contributed by atoms with Crippen LogP contribution >= 0.6 is 11.8 Å². The van der Waals surface area contributed by atoms with Crippen molar-refractivity contribution in [1.82, 2.24) is 0 Å². The molecule has 1 aliphatic rings. The molecule has 1 unspecified atom stereocenters. The van der Waals surface area contributed by atoms with Crippen LogP contribution in [0.25, 0.3) is 0 Å². The third kappa shape index (κ3) is 2.56. The van der Waals surface area contributed by atoms with Gasteiger partial charge >= 0.3 is 0 Å². The van der Waals surface area contributed by atoms with Crippen molar-refractivity contribution in [2.24, 2.45) is 0 Å². The van der Waals surface area contributed by atoms with Crippen molar-refractivity contribution in [2.45, 2.75) is 18.7 Å². The van der Waals surface area contributed by atoms with E-state index in [9.17, 15) is 5.11 Å². The fraction of sp³-hybridized carbons (Fsp3) is 0.250. The number of thioether (sulfide) groups is 1. The summed E-state index contributed by atoms with van der Waals surface area (Å²) >= 11 is 1.96. The van der Waals surface area contributed by atoms with Gasteiger partial charge in [-0.05, 0) is 41.8 Å². The Morgan fingerprint density at radius 3 is 2.89 bits per heavy atom. The summed E-state index contributed by atoms with van der Waals surface area (Å²) < 4.78 is 0. The van der Waals surface area contributed by atoms with Crippen LogP contribution in [-0.2, 0) is 5.75 Å². The van der Waals surface area contributed by atoms with E-state index in [1.165, 1.54) is 11.1 Å². The van der Waals surface area contributed by atoms with Crippen molar-refractivity contribution in [3.05, 3.63) is 59.2 Å². The minimum atomic E-state index is 0.346. The molecule has 2 nitrogen and oxygen atoms in total. The molecule has 0 bridgehead atoms. The number of hydrogen-bond donors (Lipinski definition) is 2. The largest absolute Gasteiger partial charge is 0.508 e. The van der Waals surface area contributed by atoms with Crippen molar-refractivity contribution >= 4 is 17.4 Å². The molecule has 2 aromatic rings. The number of aryl methyl sites for hydroxylation is 1. The first-order valence-electron chi connectivity index (χ1n) is 6.46. The summed E-state index contributed by atoms with van der Waals surface area (Å²) in [6, 6.07) is 14.6. The molecular weight excluding hydrogens is 254 g/mol. The van der Waals surface area contributed by atoms with Gasteiger partial charge in [0.2, 0.25) is 0 Å². The first-order chi connectivity index (χ1) is 9.24. The highest BCUT2D eigenvalue weighted by Gasteiger charge is 2.19. The molecule has 1 heterocycles. The zero-order valence-corrected chi connectivity index (χ0v) is 11.7. The smallest absolute Gasteiger partial charge is 0.118 e. The van der Waals surface area contributed by atoms with Crippen molar-refractivity contribution in [3.63, 3.8) is 0 Å². The van der Waals surface area contributed by atoms with Crippen molar-refractivity contribution < 1.29 is 5.11 Å². The summed E-state index contributed by atoms with van der Waals surface area (Å²) in [5, 5.41) is 13.1. The van der Waals surface area contributed by atoms with E-state index in [0.29, 0.717) is 11.8 Å². The zero-order valence-electron chi connectivity index (χ0n) is 10.9. The molecule has 2 aromatic carbocycles. The average molecular weight is 271 g/mol. The van der Waals surface area contributed by atoms with E-state index >= 15 is 0 Å². The second-order valence-electron chi connectivity index (χ2n) is 4.91. The third-order valence-corrected chi connectivity index (χ3v) is 4.59. The van der Waals surface area contributed by atoms with Crippen molar-refractivity contribution in [3.8, 4) is 5.75 Å². The van der Waals surface area contributed by atoms with Gasteiger partial charge < -0.3 is 10.4 Å². The van der Waals surface area contributed by atoms with Gasteiger partial charge in [-0.15, -0.1) is 0 Å². The molecule has 0 aromatic heterocycles. The molecule has 1 atom stereocenters. The summed E-state index contributed by atoms with van der Waals surface area (Å²) in [5.41, 5.74) is 4.79. The standard InChI is InChI=1S/C16H17NOS/c1-11-8-13(6-7-16(11)18)17-15-10-19-9-12-4-2-3-5-14(12)15/h2-8,15,17-18H,9-10H2,1H3. The summed E-state index contributed by atoms with van der Waals surface area (Å²) in [4.78, 5) is 0. The molecule has 1 aliphatic heterocycles. The molecule has 3 heteroatoms. The molecule has 0 fully saturated rings. The predicted molar refractivity (Wildman–Crippen MR) is 81.8 cm³/mol. The Balaban J connectivity index is 1.86. The van der Waals surface area contributed by atoms with E-state index in [0.717, 1.165) is 22.8 Å². The molecule has 3 rings (SSSR count). The molecule has 19 heavy (non-hydrogen) atoms. The van der Waals surface area contributed by atoms with Crippen LogP contribution in [0.15, 0.2) is 42.5 Å². The summed E-state index contributed by atoms with van der Waals surface area (Å²) in [6.45, 7) is 1.92. The minimum Gasteiger partial charge on any atom is -0.508 e. The first kappa shape index (κ1) is 12.4. The quantitative estimate of drug-likeness (QED) is 0.807. The Labute approximate surface area is 117 Å². The van der Waals surface area contributed by atoms with Gasteiger partial charge in [0.25, 0.3) is 0 Å². The van der Waals surface area contributed by atoms with E-state index < -0.39 is 0 Å². The lowest BCUT2D eigenvalue weighted by Crippen LogP contribution is -2.18. The second kappa shape index (κ2) is 5.17. The van der Waals surface area contributed by atoms with Gasteiger partial charge in [0, 0.05) is 17.2 Å². The third-order valence-electron chi connectivity index (χ3n) is 3.51. The maximum Gasteiger partial charge on any atom is 0.118 e. The Kier molecular flexibility index (Phi) is 3.38. The van der Waals surface area contributed by atoms with Crippen LogP contribution in [0.1, 0.15) is 22.7 Å². The molecule has 0 radical (unpaired) electrons. The lowest BCUT2D eigenvalue weighted by molar-refractivity contribution is 0.471. The molecule has 2 N–H and O–H groups in total.